The van der Waals surface area contributed by atoms with E-state index in [9.17, 15) is 4.79 Å². The van der Waals surface area contributed by atoms with Crippen LogP contribution in [0.3, 0.4) is 0 Å². The fourth-order valence-electron chi connectivity index (χ4n) is 4.33. The van der Waals surface area contributed by atoms with E-state index in [0.29, 0.717) is 18.9 Å². The molecule has 0 aliphatic carbocycles. The van der Waals surface area contributed by atoms with Crippen molar-refractivity contribution >= 4 is 27.9 Å². The normalized spacial score (nSPS) is 11.3. The smallest absolute Gasteiger partial charge is 0.310 e. The largest absolute Gasteiger partial charge is 0.488 e. The first kappa shape index (κ1) is 22.7. The van der Waals surface area contributed by atoms with Crippen molar-refractivity contribution in [3.63, 3.8) is 0 Å². The predicted molar refractivity (Wildman–Crippen MR) is 135 cm³/mol. The highest BCUT2D eigenvalue weighted by molar-refractivity contribution is 6.10. The lowest BCUT2D eigenvalue weighted by Crippen LogP contribution is -2.09. The van der Waals surface area contributed by atoms with Gasteiger partial charge in [-0.2, -0.15) is 0 Å². The minimum Gasteiger partial charge on any atom is -0.488 e. The summed E-state index contributed by atoms with van der Waals surface area (Å²) in [5, 5.41) is 1.85. The average molecular weight is 470 g/mol. The van der Waals surface area contributed by atoms with Gasteiger partial charge in [0.05, 0.1) is 30.9 Å². The standard InChI is InChI=1S/C29H27NO5/c1-3-32-27(31)13-21-8-7-18(2)11-26(21)34-16-22-17-35-29-23-9-10-33-28(23)24(14-25(22)29)20-6-4-5-19(12-20)15-30/h4-12,14,17H,3,13,15-16,30H2,1-2H3. The number of hydrogen-bond donors (Lipinski definition) is 1. The molecule has 6 heteroatoms. The Morgan fingerprint density at radius 1 is 0.971 bits per heavy atom. The lowest BCUT2D eigenvalue weighted by molar-refractivity contribution is -0.142. The molecule has 2 aromatic heterocycles. The van der Waals surface area contributed by atoms with E-state index in [-0.39, 0.29) is 19.0 Å². The maximum absolute atomic E-state index is 12.1. The second-order valence-corrected chi connectivity index (χ2v) is 8.51. The Morgan fingerprint density at radius 2 is 1.86 bits per heavy atom. The van der Waals surface area contributed by atoms with Crippen LogP contribution in [0.4, 0.5) is 0 Å². The molecule has 0 amide bonds. The fraction of sp³-hybridized carbons (Fsp3) is 0.207. The van der Waals surface area contributed by atoms with Gasteiger partial charge in [0, 0.05) is 28.6 Å². The van der Waals surface area contributed by atoms with E-state index in [1.54, 1.807) is 19.5 Å². The van der Waals surface area contributed by atoms with Gasteiger partial charge in [-0.3, -0.25) is 4.79 Å². The summed E-state index contributed by atoms with van der Waals surface area (Å²) in [6, 6.07) is 17.9. The van der Waals surface area contributed by atoms with Crippen molar-refractivity contribution in [2.45, 2.75) is 33.4 Å². The number of fused-ring (bicyclic) bond motifs is 3. The van der Waals surface area contributed by atoms with Crippen molar-refractivity contribution in [2.75, 3.05) is 6.61 Å². The van der Waals surface area contributed by atoms with Crippen molar-refractivity contribution in [3.05, 3.63) is 89.4 Å². The van der Waals surface area contributed by atoms with Crippen LogP contribution in [0.2, 0.25) is 0 Å². The monoisotopic (exact) mass is 469 g/mol. The second-order valence-electron chi connectivity index (χ2n) is 8.51. The highest BCUT2D eigenvalue weighted by Crippen LogP contribution is 2.38. The van der Waals surface area contributed by atoms with Gasteiger partial charge >= 0.3 is 5.97 Å². The molecule has 0 radical (unpaired) electrons. The molecule has 35 heavy (non-hydrogen) atoms. The van der Waals surface area contributed by atoms with Crippen molar-refractivity contribution < 1.29 is 23.1 Å². The number of aryl methyl sites for hydroxylation is 1. The first-order valence-electron chi connectivity index (χ1n) is 11.6. The summed E-state index contributed by atoms with van der Waals surface area (Å²) < 4.78 is 23.1. The Labute approximate surface area is 203 Å². The molecular weight excluding hydrogens is 442 g/mol. The Morgan fingerprint density at radius 3 is 2.69 bits per heavy atom. The minimum atomic E-state index is -0.276. The molecule has 0 saturated heterocycles. The maximum atomic E-state index is 12.1. The minimum absolute atomic E-state index is 0.160. The highest BCUT2D eigenvalue weighted by atomic mass is 16.5. The summed E-state index contributed by atoms with van der Waals surface area (Å²) in [6.07, 6.45) is 3.55. The molecule has 5 rings (SSSR count). The average Bonchev–Trinajstić information content (AvgIpc) is 3.51. The summed E-state index contributed by atoms with van der Waals surface area (Å²) in [5.41, 5.74) is 13.2. The first-order chi connectivity index (χ1) is 17.1. The zero-order chi connectivity index (χ0) is 24.4. The van der Waals surface area contributed by atoms with E-state index in [2.05, 4.69) is 12.1 Å². The van der Waals surface area contributed by atoms with Gasteiger partial charge < -0.3 is 24.0 Å². The van der Waals surface area contributed by atoms with Gasteiger partial charge in [0.2, 0.25) is 0 Å². The summed E-state index contributed by atoms with van der Waals surface area (Å²) in [5.74, 6) is 0.384. The Balaban J connectivity index is 1.51. The van der Waals surface area contributed by atoms with E-state index in [1.807, 2.05) is 49.4 Å². The number of benzene rings is 3. The van der Waals surface area contributed by atoms with Gasteiger partial charge in [0.15, 0.2) is 0 Å². The molecule has 0 atom stereocenters. The molecule has 0 aliphatic heterocycles. The molecule has 178 valence electrons. The molecule has 2 heterocycles. The van der Waals surface area contributed by atoms with E-state index < -0.39 is 0 Å². The van der Waals surface area contributed by atoms with Crippen LogP contribution in [0.15, 0.2) is 76.0 Å². The number of esters is 1. The number of carbonyl (C=O) groups excluding carboxylic acids is 1. The Bertz CT molecular complexity index is 1510. The number of rotatable bonds is 8. The number of furan rings is 2. The summed E-state index contributed by atoms with van der Waals surface area (Å²) >= 11 is 0. The van der Waals surface area contributed by atoms with E-state index in [0.717, 1.165) is 55.3 Å². The zero-order valence-corrected chi connectivity index (χ0v) is 19.8. The van der Waals surface area contributed by atoms with Crippen molar-refractivity contribution in [1.29, 1.82) is 0 Å². The SMILES string of the molecule is CCOC(=O)Cc1ccc(C)cc1OCc1coc2c1cc(-c1cccc(CN)c1)c1occc12. The Kier molecular flexibility index (Phi) is 6.29. The van der Waals surface area contributed by atoms with Gasteiger partial charge in [0.1, 0.15) is 23.5 Å². The zero-order valence-electron chi connectivity index (χ0n) is 19.8. The number of hydrogen-bond acceptors (Lipinski definition) is 6. The lowest BCUT2D eigenvalue weighted by atomic mass is 9.98. The van der Waals surface area contributed by atoms with Crippen LogP contribution >= 0.6 is 0 Å². The van der Waals surface area contributed by atoms with Crippen molar-refractivity contribution in [1.82, 2.24) is 0 Å². The number of carbonyl (C=O) groups is 1. The summed E-state index contributed by atoms with van der Waals surface area (Å²) in [7, 11) is 0. The van der Waals surface area contributed by atoms with Gasteiger partial charge in [0.25, 0.3) is 0 Å². The second kappa shape index (κ2) is 9.68. The van der Waals surface area contributed by atoms with Gasteiger partial charge in [-0.25, -0.2) is 0 Å². The van der Waals surface area contributed by atoms with Crippen LogP contribution in [0.25, 0.3) is 33.1 Å². The molecule has 0 aliphatic rings. The van der Waals surface area contributed by atoms with Gasteiger partial charge in [-0.15, -0.1) is 0 Å². The van der Waals surface area contributed by atoms with E-state index >= 15 is 0 Å². The third-order valence-corrected chi connectivity index (χ3v) is 6.07. The predicted octanol–water partition coefficient (Wildman–Crippen LogP) is 6.30. The third kappa shape index (κ3) is 4.53. The summed E-state index contributed by atoms with van der Waals surface area (Å²) in [6.45, 7) is 4.89. The maximum Gasteiger partial charge on any atom is 0.310 e. The van der Waals surface area contributed by atoms with Crippen molar-refractivity contribution in [2.24, 2.45) is 5.73 Å². The van der Waals surface area contributed by atoms with Crippen molar-refractivity contribution in [3.8, 4) is 16.9 Å². The molecule has 0 bridgehead atoms. The van der Waals surface area contributed by atoms with Crippen LogP contribution < -0.4 is 10.5 Å². The van der Waals surface area contributed by atoms with Crippen LogP contribution in [-0.4, -0.2) is 12.6 Å². The quantitative estimate of drug-likeness (QED) is 0.268. The highest BCUT2D eigenvalue weighted by Gasteiger charge is 2.18. The lowest BCUT2D eigenvalue weighted by Gasteiger charge is -2.12. The first-order valence-corrected chi connectivity index (χ1v) is 11.6. The van der Waals surface area contributed by atoms with Crippen LogP contribution in [-0.2, 0) is 29.1 Å². The van der Waals surface area contributed by atoms with Crippen LogP contribution in [0.1, 0.15) is 29.2 Å². The molecule has 0 saturated carbocycles. The molecule has 6 nitrogen and oxygen atoms in total. The van der Waals surface area contributed by atoms with Gasteiger partial charge in [-0.05, 0) is 54.8 Å². The van der Waals surface area contributed by atoms with E-state index in [4.69, 9.17) is 24.0 Å². The molecule has 2 N–H and O–H groups in total. The molecule has 0 unspecified atom stereocenters. The summed E-state index contributed by atoms with van der Waals surface area (Å²) in [4.78, 5) is 12.1. The fourth-order valence-corrected chi connectivity index (χ4v) is 4.33. The van der Waals surface area contributed by atoms with E-state index in [1.165, 1.54) is 0 Å². The molecule has 0 fully saturated rings. The number of nitrogens with two attached hydrogens (primary N) is 1. The number of ether oxygens (including phenoxy) is 2. The molecule has 5 aromatic rings. The van der Waals surface area contributed by atoms with Crippen LogP contribution in [0, 0.1) is 6.92 Å². The molecule has 0 spiro atoms. The molecule has 3 aromatic carbocycles. The molecular formula is C29H27NO5. The third-order valence-electron chi connectivity index (χ3n) is 6.07. The van der Waals surface area contributed by atoms with Crippen LogP contribution in [0.5, 0.6) is 5.75 Å². The van der Waals surface area contributed by atoms with Gasteiger partial charge in [-0.1, -0.05) is 30.3 Å². The topological polar surface area (TPSA) is 87.8 Å². The Hall–Kier alpha value is -4.03.